The van der Waals surface area contributed by atoms with Crippen LogP contribution < -0.4 is 0 Å². The van der Waals surface area contributed by atoms with Crippen molar-refractivity contribution < 1.29 is 8.42 Å². The normalized spacial score (nSPS) is 11.8. The summed E-state index contributed by atoms with van der Waals surface area (Å²) in [6.45, 7) is 4.84. The van der Waals surface area contributed by atoms with Gasteiger partial charge in [0.25, 0.3) is 0 Å². The lowest BCUT2D eigenvalue weighted by molar-refractivity contribution is 0.596. The molecule has 0 aliphatic heterocycles. The Balaban J connectivity index is 1.84. The lowest BCUT2D eigenvalue weighted by atomic mass is 10.0. The van der Waals surface area contributed by atoms with Crippen LogP contribution in [0.3, 0.4) is 0 Å². The predicted octanol–water partition coefficient (Wildman–Crippen LogP) is 3.89. The van der Waals surface area contributed by atoms with Crippen LogP contribution in [0.15, 0.2) is 77.0 Å². The van der Waals surface area contributed by atoms with Crippen molar-refractivity contribution in [2.24, 2.45) is 0 Å². The molecule has 1 heterocycles. The molecule has 0 spiro atoms. The molecule has 0 radical (unpaired) electrons. The smallest absolute Gasteiger partial charge is 0.206 e. The zero-order chi connectivity index (χ0) is 17.2. The number of imidazole rings is 1. The minimum absolute atomic E-state index is 0.314. The van der Waals surface area contributed by atoms with Gasteiger partial charge in [-0.05, 0) is 41.3 Å². The number of sulfone groups is 1. The lowest BCUT2D eigenvalue weighted by Crippen LogP contribution is -2.03. The fraction of sp³-hybridized carbons (Fsp3) is 0.211. The van der Waals surface area contributed by atoms with Crippen LogP contribution in [-0.2, 0) is 16.4 Å². The van der Waals surface area contributed by atoms with Gasteiger partial charge < -0.3 is 4.57 Å². The molecule has 0 N–H and O–H groups in total. The lowest BCUT2D eigenvalue weighted by Gasteiger charge is -2.09. The van der Waals surface area contributed by atoms with E-state index in [0.29, 0.717) is 22.3 Å². The van der Waals surface area contributed by atoms with E-state index in [1.54, 1.807) is 36.8 Å². The van der Waals surface area contributed by atoms with Crippen molar-refractivity contribution in [3.05, 3.63) is 78.4 Å². The second-order valence-electron chi connectivity index (χ2n) is 6.11. The standard InChI is InChI=1S/C19H20N2O2S/c1-15(2)17-5-9-19(10-6-17)24(22,23)18-7-3-16(4-8-18)13-21-12-11-20-14-21/h3-12,14-15H,13H2,1-2H3. The van der Waals surface area contributed by atoms with E-state index in [0.717, 1.165) is 11.1 Å². The highest BCUT2D eigenvalue weighted by atomic mass is 32.2. The van der Waals surface area contributed by atoms with Crippen molar-refractivity contribution in [2.45, 2.75) is 36.1 Å². The van der Waals surface area contributed by atoms with Crippen molar-refractivity contribution in [2.75, 3.05) is 0 Å². The third kappa shape index (κ3) is 3.41. The zero-order valence-electron chi connectivity index (χ0n) is 13.8. The molecule has 0 amide bonds. The summed E-state index contributed by atoms with van der Waals surface area (Å²) in [7, 11) is -3.48. The minimum Gasteiger partial charge on any atom is -0.333 e. The van der Waals surface area contributed by atoms with Crippen molar-refractivity contribution in [3.63, 3.8) is 0 Å². The summed E-state index contributed by atoms with van der Waals surface area (Å²) in [6.07, 6.45) is 5.33. The van der Waals surface area contributed by atoms with E-state index >= 15 is 0 Å². The van der Waals surface area contributed by atoms with Gasteiger partial charge in [-0.1, -0.05) is 38.1 Å². The average Bonchev–Trinajstić information content (AvgIpc) is 3.08. The summed E-state index contributed by atoms with van der Waals surface area (Å²) in [4.78, 5) is 4.64. The van der Waals surface area contributed by atoms with E-state index in [-0.39, 0.29) is 0 Å². The van der Waals surface area contributed by atoms with Crippen molar-refractivity contribution in [1.82, 2.24) is 9.55 Å². The quantitative estimate of drug-likeness (QED) is 0.708. The Kier molecular flexibility index (Phi) is 4.53. The van der Waals surface area contributed by atoms with Crippen LogP contribution in [0.5, 0.6) is 0 Å². The molecule has 0 saturated heterocycles. The molecule has 0 bridgehead atoms. The van der Waals surface area contributed by atoms with Gasteiger partial charge in [-0.25, -0.2) is 13.4 Å². The van der Waals surface area contributed by atoms with Crippen LogP contribution >= 0.6 is 0 Å². The fourth-order valence-electron chi connectivity index (χ4n) is 2.53. The molecule has 3 rings (SSSR count). The summed E-state index contributed by atoms with van der Waals surface area (Å²) in [5.41, 5.74) is 2.16. The first-order valence-electron chi connectivity index (χ1n) is 7.86. The van der Waals surface area contributed by atoms with Gasteiger partial charge in [0.15, 0.2) is 0 Å². The largest absolute Gasteiger partial charge is 0.333 e. The molecule has 0 unspecified atom stereocenters. The number of rotatable bonds is 5. The number of hydrogen-bond acceptors (Lipinski definition) is 3. The summed E-state index contributed by atoms with van der Waals surface area (Å²) >= 11 is 0. The number of nitrogens with zero attached hydrogens (tertiary/aromatic N) is 2. The topological polar surface area (TPSA) is 52.0 Å². The van der Waals surface area contributed by atoms with E-state index in [1.807, 2.05) is 35.0 Å². The van der Waals surface area contributed by atoms with Gasteiger partial charge in [-0.2, -0.15) is 0 Å². The van der Waals surface area contributed by atoms with Crippen LogP contribution in [0.25, 0.3) is 0 Å². The molecule has 0 saturated carbocycles. The fourth-order valence-corrected chi connectivity index (χ4v) is 3.79. The maximum atomic E-state index is 12.7. The van der Waals surface area contributed by atoms with Crippen molar-refractivity contribution in [3.8, 4) is 0 Å². The monoisotopic (exact) mass is 340 g/mol. The highest BCUT2D eigenvalue weighted by Gasteiger charge is 2.17. The molecule has 3 aromatic rings. The van der Waals surface area contributed by atoms with E-state index in [1.165, 1.54) is 0 Å². The van der Waals surface area contributed by atoms with Crippen LogP contribution in [0.2, 0.25) is 0 Å². The van der Waals surface area contributed by atoms with Gasteiger partial charge in [-0.15, -0.1) is 0 Å². The predicted molar refractivity (Wildman–Crippen MR) is 93.8 cm³/mol. The van der Waals surface area contributed by atoms with Gasteiger partial charge in [0.2, 0.25) is 9.84 Å². The molecule has 4 nitrogen and oxygen atoms in total. The van der Waals surface area contributed by atoms with E-state index < -0.39 is 9.84 Å². The molecule has 5 heteroatoms. The SMILES string of the molecule is CC(C)c1ccc(S(=O)(=O)c2ccc(Cn3ccnc3)cc2)cc1. The summed E-state index contributed by atoms with van der Waals surface area (Å²) < 4.78 is 27.4. The Morgan fingerprint density at radius 2 is 1.54 bits per heavy atom. The molecule has 24 heavy (non-hydrogen) atoms. The Morgan fingerprint density at radius 3 is 2.04 bits per heavy atom. The molecular formula is C19H20N2O2S. The number of aromatic nitrogens is 2. The Hall–Kier alpha value is -2.40. The third-order valence-electron chi connectivity index (χ3n) is 4.02. The average molecular weight is 340 g/mol. The first-order valence-corrected chi connectivity index (χ1v) is 9.35. The van der Waals surface area contributed by atoms with Gasteiger partial charge in [-0.3, -0.25) is 0 Å². The van der Waals surface area contributed by atoms with Crippen LogP contribution in [0.4, 0.5) is 0 Å². The highest BCUT2D eigenvalue weighted by Crippen LogP contribution is 2.23. The molecular weight excluding hydrogens is 320 g/mol. The molecule has 0 fully saturated rings. The van der Waals surface area contributed by atoms with Crippen LogP contribution in [-0.4, -0.2) is 18.0 Å². The van der Waals surface area contributed by atoms with Crippen molar-refractivity contribution in [1.29, 1.82) is 0 Å². The van der Waals surface area contributed by atoms with E-state index in [4.69, 9.17) is 0 Å². The van der Waals surface area contributed by atoms with Crippen LogP contribution in [0.1, 0.15) is 30.9 Å². The second kappa shape index (κ2) is 6.61. The Bertz CT molecular complexity index is 895. The third-order valence-corrected chi connectivity index (χ3v) is 5.80. The Morgan fingerprint density at radius 1 is 0.958 bits per heavy atom. The maximum Gasteiger partial charge on any atom is 0.206 e. The summed E-state index contributed by atoms with van der Waals surface area (Å²) in [5, 5.41) is 0. The van der Waals surface area contributed by atoms with Crippen LogP contribution in [0, 0.1) is 0 Å². The molecule has 0 atom stereocenters. The van der Waals surface area contributed by atoms with Crippen molar-refractivity contribution >= 4 is 9.84 Å². The van der Waals surface area contributed by atoms with E-state index in [9.17, 15) is 8.42 Å². The number of hydrogen-bond donors (Lipinski definition) is 0. The minimum atomic E-state index is -3.48. The molecule has 1 aromatic heterocycles. The molecule has 0 aliphatic carbocycles. The molecule has 2 aromatic carbocycles. The first-order chi connectivity index (χ1) is 11.5. The van der Waals surface area contributed by atoms with E-state index in [2.05, 4.69) is 18.8 Å². The second-order valence-corrected chi connectivity index (χ2v) is 8.06. The number of benzene rings is 2. The maximum absolute atomic E-state index is 12.7. The summed E-state index contributed by atoms with van der Waals surface area (Å²) in [5.74, 6) is 0.379. The van der Waals surface area contributed by atoms with Gasteiger partial charge in [0.1, 0.15) is 0 Å². The van der Waals surface area contributed by atoms with Gasteiger partial charge in [0, 0.05) is 18.9 Å². The van der Waals surface area contributed by atoms with Gasteiger partial charge in [0.05, 0.1) is 16.1 Å². The Labute approximate surface area is 142 Å². The highest BCUT2D eigenvalue weighted by molar-refractivity contribution is 7.91. The summed E-state index contributed by atoms with van der Waals surface area (Å²) in [6, 6.07) is 14.1. The molecule has 0 aliphatic rings. The first kappa shape index (κ1) is 16.5. The zero-order valence-corrected chi connectivity index (χ0v) is 14.6. The molecule has 124 valence electrons. The van der Waals surface area contributed by atoms with Gasteiger partial charge >= 0.3 is 0 Å².